The van der Waals surface area contributed by atoms with Crippen molar-refractivity contribution >= 4 is 52.7 Å². The van der Waals surface area contributed by atoms with Crippen molar-refractivity contribution in [3.8, 4) is 5.69 Å². The number of nitrogens with zero attached hydrogens (tertiary/aromatic N) is 4. The van der Waals surface area contributed by atoms with E-state index >= 15 is 0 Å². The van der Waals surface area contributed by atoms with Crippen LogP contribution >= 0.6 is 23.4 Å². The van der Waals surface area contributed by atoms with Gasteiger partial charge in [0.05, 0.1) is 22.6 Å². The molecule has 2 aromatic carbocycles. The van der Waals surface area contributed by atoms with Gasteiger partial charge in [0, 0.05) is 17.8 Å². The lowest BCUT2D eigenvalue weighted by Gasteiger charge is -2.09. The lowest BCUT2D eigenvalue weighted by molar-refractivity contribution is -0.144. The molecule has 0 radical (unpaired) electrons. The SMILES string of the molecule is Cc1ccc(-n2cnnc2SCC(=O)OCC(=O)Nc2ccc3c(c2)C(=O)N(C)C3=O)cc1Cl. The molecule has 1 aliphatic heterocycles. The molecule has 0 fully saturated rings. The molecule has 0 atom stereocenters. The summed E-state index contributed by atoms with van der Waals surface area (Å²) < 4.78 is 6.71. The maximum absolute atomic E-state index is 12.2. The fourth-order valence-corrected chi connectivity index (χ4v) is 4.08. The highest BCUT2D eigenvalue weighted by atomic mass is 35.5. The Kier molecular flexibility index (Phi) is 6.66. The molecule has 1 aromatic heterocycles. The van der Waals surface area contributed by atoms with E-state index in [1.54, 1.807) is 10.6 Å². The highest BCUT2D eigenvalue weighted by Crippen LogP contribution is 2.25. The summed E-state index contributed by atoms with van der Waals surface area (Å²) in [4.78, 5) is 49.3. The van der Waals surface area contributed by atoms with Crippen molar-refractivity contribution in [3.05, 3.63) is 64.4 Å². The topological polar surface area (TPSA) is 123 Å². The number of aromatic nitrogens is 3. The predicted molar refractivity (Wildman–Crippen MR) is 124 cm³/mol. The lowest BCUT2D eigenvalue weighted by atomic mass is 10.1. The average Bonchev–Trinajstić information content (AvgIpc) is 3.37. The number of aryl methyl sites for hydroxylation is 1. The molecule has 0 spiro atoms. The van der Waals surface area contributed by atoms with Gasteiger partial charge in [0.1, 0.15) is 6.33 Å². The Morgan fingerprint density at radius 2 is 1.88 bits per heavy atom. The number of hydrogen-bond acceptors (Lipinski definition) is 8. The summed E-state index contributed by atoms with van der Waals surface area (Å²) in [5.41, 5.74) is 2.47. The number of thioether (sulfide) groups is 1. The van der Waals surface area contributed by atoms with E-state index in [4.69, 9.17) is 16.3 Å². The fourth-order valence-electron chi connectivity index (χ4n) is 3.18. The normalized spacial score (nSPS) is 12.6. The van der Waals surface area contributed by atoms with Gasteiger partial charge in [-0.25, -0.2) is 0 Å². The van der Waals surface area contributed by atoms with Crippen molar-refractivity contribution < 1.29 is 23.9 Å². The molecule has 12 heteroatoms. The first-order valence-electron chi connectivity index (χ1n) is 9.96. The minimum atomic E-state index is -0.618. The number of nitrogens with one attached hydrogen (secondary N) is 1. The van der Waals surface area contributed by atoms with Crippen molar-refractivity contribution in [2.24, 2.45) is 0 Å². The van der Waals surface area contributed by atoms with Gasteiger partial charge in [0.15, 0.2) is 11.8 Å². The number of hydrogen-bond donors (Lipinski definition) is 1. The standard InChI is InChI=1S/C22H18ClN5O5S/c1-12-3-5-14(8-17(12)23)28-11-24-26-22(28)34-10-19(30)33-9-18(29)25-13-4-6-15-16(7-13)21(32)27(2)20(15)31/h3-8,11H,9-10H2,1-2H3,(H,25,29). The first kappa shape index (κ1) is 23.5. The van der Waals surface area contributed by atoms with E-state index in [0.717, 1.165) is 27.9 Å². The Balaban J connectivity index is 1.29. The molecule has 1 N–H and O–H groups in total. The maximum Gasteiger partial charge on any atom is 0.316 e. The predicted octanol–water partition coefficient (Wildman–Crippen LogP) is 2.73. The van der Waals surface area contributed by atoms with Crippen LogP contribution in [0.15, 0.2) is 47.9 Å². The lowest BCUT2D eigenvalue weighted by Crippen LogP contribution is -2.24. The smallest absolute Gasteiger partial charge is 0.316 e. The van der Waals surface area contributed by atoms with Gasteiger partial charge in [-0.3, -0.25) is 28.6 Å². The van der Waals surface area contributed by atoms with Crippen LogP contribution in [0.25, 0.3) is 5.69 Å². The van der Waals surface area contributed by atoms with Gasteiger partial charge in [0.25, 0.3) is 17.7 Å². The number of imide groups is 1. The Bertz CT molecular complexity index is 1320. The second kappa shape index (κ2) is 9.65. The maximum atomic E-state index is 12.2. The number of rotatable bonds is 7. The van der Waals surface area contributed by atoms with Crippen LogP contribution in [0.2, 0.25) is 5.02 Å². The number of ether oxygens (including phenoxy) is 1. The van der Waals surface area contributed by atoms with Crippen molar-refractivity contribution in [1.29, 1.82) is 0 Å². The van der Waals surface area contributed by atoms with E-state index in [2.05, 4.69) is 15.5 Å². The van der Waals surface area contributed by atoms with Gasteiger partial charge in [-0.1, -0.05) is 29.4 Å². The van der Waals surface area contributed by atoms with Crippen LogP contribution in [0.1, 0.15) is 26.3 Å². The van der Waals surface area contributed by atoms with Crippen molar-refractivity contribution in [2.75, 3.05) is 24.7 Å². The number of fused-ring (bicyclic) bond motifs is 1. The van der Waals surface area contributed by atoms with E-state index in [9.17, 15) is 19.2 Å². The molecule has 0 unspecified atom stereocenters. The van der Waals surface area contributed by atoms with Crippen LogP contribution in [0.4, 0.5) is 5.69 Å². The summed E-state index contributed by atoms with van der Waals surface area (Å²) in [6.07, 6.45) is 1.51. The highest BCUT2D eigenvalue weighted by Gasteiger charge is 2.32. The number of amides is 3. The molecule has 0 aliphatic carbocycles. The molecule has 0 saturated carbocycles. The van der Waals surface area contributed by atoms with E-state index in [-0.39, 0.29) is 16.9 Å². The van der Waals surface area contributed by atoms with Gasteiger partial charge in [-0.15, -0.1) is 10.2 Å². The Labute approximate surface area is 203 Å². The van der Waals surface area contributed by atoms with Crippen molar-refractivity contribution in [2.45, 2.75) is 12.1 Å². The molecular formula is C22H18ClN5O5S. The number of esters is 1. The van der Waals surface area contributed by atoms with Gasteiger partial charge < -0.3 is 10.1 Å². The number of carbonyl (C=O) groups excluding carboxylic acids is 4. The fraction of sp³-hybridized carbons (Fsp3) is 0.182. The summed E-state index contributed by atoms with van der Waals surface area (Å²) >= 11 is 7.28. The molecule has 34 heavy (non-hydrogen) atoms. The summed E-state index contributed by atoms with van der Waals surface area (Å²) in [5, 5.41) is 11.5. The largest absolute Gasteiger partial charge is 0.455 e. The molecule has 4 rings (SSSR count). The van der Waals surface area contributed by atoms with Crippen LogP contribution in [-0.2, 0) is 14.3 Å². The van der Waals surface area contributed by atoms with Gasteiger partial charge in [0.2, 0.25) is 0 Å². The minimum Gasteiger partial charge on any atom is -0.455 e. The molecule has 3 amide bonds. The molecule has 2 heterocycles. The average molecular weight is 500 g/mol. The molecule has 174 valence electrons. The zero-order valence-corrected chi connectivity index (χ0v) is 19.6. The van der Waals surface area contributed by atoms with Gasteiger partial charge in [-0.05, 0) is 42.8 Å². The monoisotopic (exact) mass is 499 g/mol. The van der Waals surface area contributed by atoms with Crippen LogP contribution in [0.5, 0.6) is 0 Å². The second-order valence-corrected chi connectivity index (χ2v) is 8.69. The van der Waals surface area contributed by atoms with Crippen LogP contribution < -0.4 is 5.32 Å². The molecule has 3 aromatic rings. The summed E-state index contributed by atoms with van der Waals surface area (Å²) in [6, 6.07) is 9.88. The minimum absolute atomic E-state index is 0.0899. The molecule has 10 nitrogen and oxygen atoms in total. The van der Waals surface area contributed by atoms with E-state index in [1.807, 2.05) is 19.1 Å². The Morgan fingerprint density at radius 1 is 1.12 bits per heavy atom. The third kappa shape index (κ3) is 4.80. The zero-order chi connectivity index (χ0) is 24.4. The number of anilines is 1. The summed E-state index contributed by atoms with van der Waals surface area (Å²) in [6.45, 7) is 1.38. The van der Waals surface area contributed by atoms with Crippen LogP contribution in [0, 0.1) is 6.92 Å². The van der Waals surface area contributed by atoms with Crippen molar-refractivity contribution in [1.82, 2.24) is 19.7 Å². The van der Waals surface area contributed by atoms with Gasteiger partial charge in [-0.2, -0.15) is 0 Å². The highest BCUT2D eigenvalue weighted by molar-refractivity contribution is 7.99. The first-order valence-corrected chi connectivity index (χ1v) is 11.3. The Morgan fingerprint density at radius 3 is 2.65 bits per heavy atom. The van der Waals surface area contributed by atoms with E-state index in [0.29, 0.717) is 15.9 Å². The number of carbonyl (C=O) groups is 4. The molecular weight excluding hydrogens is 482 g/mol. The third-order valence-electron chi connectivity index (χ3n) is 5.01. The summed E-state index contributed by atoms with van der Waals surface area (Å²) in [5.74, 6) is -2.13. The molecule has 0 bridgehead atoms. The first-order chi connectivity index (χ1) is 16.2. The number of halogens is 1. The molecule has 0 saturated heterocycles. The summed E-state index contributed by atoms with van der Waals surface area (Å²) in [7, 11) is 1.39. The van der Waals surface area contributed by atoms with Crippen LogP contribution in [0.3, 0.4) is 0 Å². The quantitative estimate of drug-likeness (QED) is 0.299. The zero-order valence-electron chi connectivity index (χ0n) is 18.1. The van der Waals surface area contributed by atoms with Crippen LogP contribution in [-0.4, -0.2) is 62.8 Å². The van der Waals surface area contributed by atoms with E-state index in [1.165, 1.54) is 31.6 Å². The number of benzene rings is 2. The Hall–Kier alpha value is -3.70. The third-order valence-corrected chi connectivity index (χ3v) is 6.33. The second-order valence-electron chi connectivity index (χ2n) is 7.34. The molecule has 1 aliphatic rings. The van der Waals surface area contributed by atoms with Gasteiger partial charge >= 0.3 is 5.97 Å². The van der Waals surface area contributed by atoms with E-state index < -0.39 is 30.3 Å². The van der Waals surface area contributed by atoms with Crippen molar-refractivity contribution in [3.63, 3.8) is 0 Å².